The molecule has 1 rings (SSSR count). The SMILES string of the molecule is CC(C)OCCCCNc1cccc(S(C)(=O)=O)c1N. The van der Waals surface area contributed by atoms with E-state index in [0.717, 1.165) is 32.2 Å². The molecule has 0 unspecified atom stereocenters. The van der Waals surface area contributed by atoms with Crippen LogP contribution in [-0.4, -0.2) is 33.9 Å². The lowest BCUT2D eigenvalue weighted by molar-refractivity contribution is 0.0765. The van der Waals surface area contributed by atoms with Gasteiger partial charge >= 0.3 is 0 Å². The van der Waals surface area contributed by atoms with Gasteiger partial charge in [-0.05, 0) is 38.8 Å². The maximum atomic E-state index is 11.6. The minimum absolute atomic E-state index is 0.172. The van der Waals surface area contributed by atoms with Gasteiger partial charge in [0, 0.05) is 19.4 Å². The summed E-state index contributed by atoms with van der Waals surface area (Å²) in [5.74, 6) is 0. The van der Waals surface area contributed by atoms with Gasteiger partial charge in [-0.1, -0.05) is 6.07 Å². The Hall–Kier alpha value is -1.27. The molecule has 6 heteroatoms. The number of sulfone groups is 1. The summed E-state index contributed by atoms with van der Waals surface area (Å²) in [6.07, 6.45) is 3.31. The molecule has 0 bridgehead atoms. The molecule has 0 saturated carbocycles. The summed E-state index contributed by atoms with van der Waals surface area (Å²) in [6.45, 7) is 5.49. The van der Waals surface area contributed by atoms with Gasteiger partial charge in [-0.15, -0.1) is 0 Å². The molecule has 0 aliphatic carbocycles. The molecular weight excluding hydrogens is 276 g/mol. The monoisotopic (exact) mass is 300 g/mol. The van der Waals surface area contributed by atoms with Crippen LogP contribution in [0.3, 0.4) is 0 Å². The van der Waals surface area contributed by atoms with Crippen molar-refractivity contribution in [3.8, 4) is 0 Å². The zero-order chi connectivity index (χ0) is 15.2. The van der Waals surface area contributed by atoms with Gasteiger partial charge in [0.2, 0.25) is 0 Å². The first-order valence-electron chi connectivity index (χ1n) is 6.76. The summed E-state index contributed by atoms with van der Waals surface area (Å²) in [4.78, 5) is 0.172. The Bertz CT molecular complexity index is 527. The quantitative estimate of drug-likeness (QED) is 0.568. The summed E-state index contributed by atoms with van der Waals surface area (Å²) in [6, 6.07) is 5.00. The number of hydrogen-bond donors (Lipinski definition) is 2. The number of nitrogens with one attached hydrogen (secondary N) is 1. The lowest BCUT2D eigenvalue weighted by Gasteiger charge is -2.12. The highest BCUT2D eigenvalue weighted by atomic mass is 32.2. The maximum Gasteiger partial charge on any atom is 0.177 e. The molecule has 5 nitrogen and oxygen atoms in total. The van der Waals surface area contributed by atoms with E-state index >= 15 is 0 Å². The second-order valence-corrected chi connectivity index (χ2v) is 7.03. The largest absolute Gasteiger partial charge is 0.396 e. The number of hydrogen-bond acceptors (Lipinski definition) is 5. The lowest BCUT2D eigenvalue weighted by atomic mass is 10.2. The van der Waals surface area contributed by atoms with Crippen molar-refractivity contribution in [2.24, 2.45) is 0 Å². The van der Waals surface area contributed by atoms with Gasteiger partial charge in [-0.2, -0.15) is 0 Å². The van der Waals surface area contributed by atoms with Crippen molar-refractivity contribution in [3.05, 3.63) is 18.2 Å². The van der Waals surface area contributed by atoms with Crippen LogP contribution in [0, 0.1) is 0 Å². The van der Waals surface area contributed by atoms with Crippen LogP contribution >= 0.6 is 0 Å². The van der Waals surface area contributed by atoms with Gasteiger partial charge in [0.25, 0.3) is 0 Å². The van der Waals surface area contributed by atoms with Crippen molar-refractivity contribution in [2.75, 3.05) is 30.5 Å². The molecule has 20 heavy (non-hydrogen) atoms. The van der Waals surface area contributed by atoms with Gasteiger partial charge < -0.3 is 15.8 Å². The Morgan fingerprint density at radius 2 is 2.00 bits per heavy atom. The molecule has 0 atom stereocenters. The molecule has 1 aromatic rings. The van der Waals surface area contributed by atoms with Crippen LogP contribution in [0.25, 0.3) is 0 Å². The average Bonchev–Trinajstić information content (AvgIpc) is 2.33. The molecule has 0 saturated heterocycles. The molecule has 0 radical (unpaired) electrons. The van der Waals surface area contributed by atoms with E-state index in [1.165, 1.54) is 6.07 Å². The van der Waals surface area contributed by atoms with Crippen LogP contribution in [-0.2, 0) is 14.6 Å². The number of rotatable bonds is 8. The number of ether oxygens (including phenoxy) is 1. The number of anilines is 2. The van der Waals surface area contributed by atoms with E-state index in [-0.39, 0.29) is 16.7 Å². The molecule has 0 fully saturated rings. The van der Waals surface area contributed by atoms with Crippen molar-refractivity contribution in [3.63, 3.8) is 0 Å². The highest BCUT2D eigenvalue weighted by molar-refractivity contribution is 7.90. The van der Waals surface area contributed by atoms with Crippen molar-refractivity contribution < 1.29 is 13.2 Å². The topological polar surface area (TPSA) is 81.4 Å². The minimum Gasteiger partial charge on any atom is -0.396 e. The molecule has 0 aliphatic rings. The van der Waals surface area contributed by atoms with Gasteiger partial charge in [-0.25, -0.2) is 8.42 Å². The predicted octanol–water partition coefficient (Wildman–Crippen LogP) is 2.29. The molecule has 0 heterocycles. The average molecular weight is 300 g/mol. The Balaban J connectivity index is 2.49. The first kappa shape index (κ1) is 16.8. The van der Waals surface area contributed by atoms with E-state index in [1.54, 1.807) is 12.1 Å². The Morgan fingerprint density at radius 3 is 2.60 bits per heavy atom. The van der Waals surface area contributed by atoms with E-state index in [9.17, 15) is 8.42 Å². The normalized spacial score (nSPS) is 11.8. The van der Waals surface area contributed by atoms with Crippen molar-refractivity contribution in [1.82, 2.24) is 0 Å². The zero-order valence-electron chi connectivity index (χ0n) is 12.3. The van der Waals surface area contributed by atoms with Gasteiger partial charge in [0.05, 0.1) is 22.4 Å². The van der Waals surface area contributed by atoms with E-state index < -0.39 is 9.84 Å². The standard InChI is InChI=1S/C14H24N2O3S/c1-11(2)19-10-5-4-9-16-12-7-6-8-13(14(12)15)20(3,17)18/h6-8,11,16H,4-5,9-10,15H2,1-3H3. The number of para-hydroxylation sites is 1. The van der Waals surface area contributed by atoms with E-state index in [4.69, 9.17) is 10.5 Å². The van der Waals surface area contributed by atoms with Crippen LogP contribution in [0.1, 0.15) is 26.7 Å². The molecule has 0 amide bonds. The van der Waals surface area contributed by atoms with Gasteiger partial charge in [0.15, 0.2) is 9.84 Å². The number of nitrogens with two attached hydrogens (primary N) is 1. The third kappa shape index (κ3) is 5.38. The molecule has 1 aromatic carbocycles. The molecular formula is C14H24N2O3S. The fourth-order valence-corrected chi connectivity index (χ4v) is 2.63. The van der Waals surface area contributed by atoms with Crippen molar-refractivity contribution in [2.45, 2.75) is 37.7 Å². The lowest BCUT2D eigenvalue weighted by Crippen LogP contribution is -2.10. The third-order valence-electron chi connectivity index (χ3n) is 2.80. The Labute approximate surface area is 121 Å². The van der Waals surface area contributed by atoms with E-state index in [1.807, 2.05) is 13.8 Å². The first-order chi connectivity index (χ1) is 9.32. The van der Waals surface area contributed by atoms with Crippen molar-refractivity contribution in [1.29, 1.82) is 0 Å². The summed E-state index contributed by atoms with van der Waals surface area (Å²) >= 11 is 0. The highest BCUT2D eigenvalue weighted by Gasteiger charge is 2.13. The minimum atomic E-state index is -3.29. The predicted molar refractivity (Wildman–Crippen MR) is 82.8 cm³/mol. The Morgan fingerprint density at radius 1 is 1.30 bits per heavy atom. The summed E-state index contributed by atoms with van der Waals surface area (Å²) in [7, 11) is -3.29. The number of benzene rings is 1. The third-order valence-corrected chi connectivity index (χ3v) is 3.96. The van der Waals surface area contributed by atoms with E-state index in [2.05, 4.69) is 5.32 Å². The highest BCUT2D eigenvalue weighted by Crippen LogP contribution is 2.26. The second-order valence-electron chi connectivity index (χ2n) is 5.04. The number of nitrogen functional groups attached to an aromatic ring is 1. The fourth-order valence-electron chi connectivity index (χ4n) is 1.79. The fraction of sp³-hybridized carbons (Fsp3) is 0.571. The molecule has 0 aromatic heterocycles. The van der Waals surface area contributed by atoms with Crippen LogP contribution in [0.2, 0.25) is 0 Å². The summed E-state index contributed by atoms with van der Waals surface area (Å²) in [5.41, 5.74) is 6.83. The molecule has 114 valence electrons. The Kier molecular flexibility index (Phi) is 6.29. The molecule has 0 spiro atoms. The summed E-state index contributed by atoms with van der Waals surface area (Å²) in [5, 5.41) is 3.17. The number of unbranched alkanes of at least 4 members (excludes halogenated alkanes) is 1. The van der Waals surface area contributed by atoms with Crippen LogP contribution in [0.4, 0.5) is 11.4 Å². The smallest absolute Gasteiger partial charge is 0.177 e. The van der Waals surface area contributed by atoms with Gasteiger partial charge in [0.1, 0.15) is 0 Å². The van der Waals surface area contributed by atoms with Crippen LogP contribution < -0.4 is 11.1 Å². The first-order valence-corrected chi connectivity index (χ1v) is 8.65. The van der Waals surface area contributed by atoms with Crippen LogP contribution in [0.5, 0.6) is 0 Å². The van der Waals surface area contributed by atoms with Gasteiger partial charge in [-0.3, -0.25) is 0 Å². The molecule has 3 N–H and O–H groups in total. The van der Waals surface area contributed by atoms with E-state index in [0.29, 0.717) is 5.69 Å². The summed E-state index contributed by atoms with van der Waals surface area (Å²) < 4.78 is 28.6. The molecule has 0 aliphatic heterocycles. The van der Waals surface area contributed by atoms with Crippen molar-refractivity contribution >= 4 is 21.2 Å². The second kappa shape index (κ2) is 7.50. The zero-order valence-corrected chi connectivity index (χ0v) is 13.2. The van der Waals surface area contributed by atoms with Crippen LogP contribution in [0.15, 0.2) is 23.1 Å². The maximum absolute atomic E-state index is 11.6.